The molecule has 0 unspecified atom stereocenters. The summed E-state index contributed by atoms with van der Waals surface area (Å²) >= 11 is 0. The van der Waals surface area contributed by atoms with Gasteiger partial charge in [-0.2, -0.15) is 0 Å². The Morgan fingerprint density at radius 1 is 1.60 bits per heavy atom. The van der Waals surface area contributed by atoms with Crippen LogP contribution < -0.4 is 0 Å². The van der Waals surface area contributed by atoms with Gasteiger partial charge in [-0.05, 0) is 19.3 Å². The molecule has 15 heavy (non-hydrogen) atoms. The fraction of sp³-hybridized carbons (Fsp3) is 0.750. The lowest BCUT2D eigenvalue weighted by Gasteiger charge is -2.39. The Labute approximate surface area is 91.1 Å². The van der Waals surface area contributed by atoms with Crippen LogP contribution in [-0.4, -0.2) is 23.3 Å². The zero-order valence-electron chi connectivity index (χ0n) is 9.64. The summed E-state index contributed by atoms with van der Waals surface area (Å²) < 4.78 is 5.35. The molecule has 1 aliphatic rings. The SMILES string of the molecule is C=CC[C@H](C)[C@@H]1OC(=O)[C@H](C)[C@@H](O)[C@@H]1C. The topological polar surface area (TPSA) is 46.5 Å². The highest BCUT2D eigenvalue weighted by Gasteiger charge is 2.42. The Balaban J connectivity index is 2.73. The van der Waals surface area contributed by atoms with Crippen LogP contribution in [0, 0.1) is 17.8 Å². The van der Waals surface area contributed by atoms with Crippen LogP contribution >= 0.6 is 0 Å². The van der Waals surface area contributed by atoms with Gasteiger partial charge in [-0.3, -0.25) is 4.79 Å². The van der Waals surface area contributed by atoms with Gasteiger partial charge < -0.3 is 9.84 Å². The molecule has 3 nitrogen and oxygen atoms in total. The van der Waals surface area contributed by atoms with Gasteiger partial charge in [-0.1, -0.05) is 19.9 Å². The molecule has 0 bridgehead atoms. The van der Waals surface area contributed by atoms with E-state index in [9.17, 15) is 9.90 Å². The summed E-state index contributed by atoms with van der Waals surface area (Å²) in [6, 6.07) is 0. The molecule has 0 spiro atoms. The molecule has 5 atom stereocenters. The number of rotatable bonds is 3. The number of allylic oxidation sites excluding steroid dienone is 1. The highest BCUT2D eigenvalue weighted by molar-refractivity contribution is 5.73. The van der Waals surface area contributed by atoms with Crippen molar-refractivity contribution in [1.29, 1.82) is 0 Å². The first-order valence-corrected chi connectivity index (χ1v) is 5.48. The number of carbonyl (C=O) groups excluding carboxylic acids is 1. The van der Waals surface area contributed by atoms with Crippen LogP contribution in [0.25, 0.3) is 0 Å². The highest BCUT2D eigenvalue weighted by Crippen LogP contribution is 2.31. The van der Waals surface area contributed by atoms with Crippen LogP contribution in [0.5, 0.6) is 0 Å². The smallest absolute Gasteiger partial charge is 0.311 e. The van der Waals surface area contributed by atoms with E-state index in [4.69, 9.17) is 4.74 Å². The summed E-state index contributed by atoms with van der Waals surface area (Å²) in [5, 5.41) is 9.88. The van der Waals surface area contributed by atoms with Crippen LogP contribution in [0.15, 0.2) is 12.7 Å². The lowest BCUT2D eigenvalue weighted by molar-refractivity contribution is -0.182. The summed E-state index contributed by atoms with van der Waals surface area (Å²) in [5.41, 5.74) is 0. The van der Waals surface area contributed by atoms with Gasteiger partial charge in [-0.25, -0.2) is 0 Å². The second-order valence-electron chi connectivity index (χ2n) is 4.54. The predicted molar refractivity (Wildman–Crippen MR) is 58.2 cm³/mol. The lowest BCUT2D eigenvalue weighted by Crippen LogP contribution is -2.48. The summed E-state index contributed by atoms with van der Waals surface area (Å²) in [6.45, 7) is 9.32. The van der Waals surface area contributed by atoms with Crippen molar-refractivity contribution in [2.45, 2.75) is 39.4 Å². The van der Waals surface area contributed by atoms with Gasteiger partial charge in [0.2, 0.25) is 0 Å². The molecule has 1 N–H and O–H groups in total. The zero-order chi connectivity index (χ0) is 11.6. The standard InChI is InChI=1S/C12H20O3/c1-5-6-7(2)11-8(3)10(13)9(4)12(14)15-11/h5,7-11,13H,1,6H2,2-4H3/t7-,8-,9+,10-,11-/m0/s1. The molecule has 3 heteroatoms. The Morgan fingerprint density at radius 3 is 2.73 bits per heavy atom. The first-order chi connectivity index (χ1) is 6.99. The normalized spacial score (nSPS) is 38.3. The number of esters is 1. The maximum absolute atomic E-state index is 11.5. The molecule has 0 aromatic rings. The third-order valence-corrected chi connectivity index (χ3v) is 3.29. The van der Waals surface area contributed by atoms with E-state index in [1.807, 2.05) is 19.9 Å². The number of hydrogen-bond acceptors (Lipinski definition) is 3. The highest BCUT2D eigenvalue weighted by atomic mass is 16.5. The van der Waals surface area contributed by atoms with E-state index in [0.717, 1.165) is 6.42 Å². The van der Waals surface area contributed by atoms with Gasteiger partial charge in [0, 0.05) is 5.92 Å². The van der Waals surface area contributed by atoms with E-state index in [2.05, 4.69) is 6.58 Å². The van der Waals surface area contributed by atoms with Crippen molar-refractivity contribution in [1.82, 2.24) is 0 Å². The minimum atomic E-state index is -0.594. The second-order valence-corrected chi connectivity index (χ2v) is 4.54. The van der Waals surface area contributed by atoms with Crippen LogP contribution in [0.3, 0.4) is 0 Å². The fourth-order valence-electron chi connectivity index (χ4n) is 2.17. The Hall–Kier alpha value is -0.830. The van der Waals surface area contributed by atoms with Crippen molar-refractivity contribution < 1.29 is 14.6 Å². The molecule has 0 aliphatic carbocycles. The summed E-state index contributed by atoms with van der Waals surface area (Å²) in [7, 11) is 0. The fourth-order valence-corrected chi connectivity index (χ4v) is 2.17. The Bertz CT molecular complexity index is 249. The molecular weight excluding hydrogens is 192 g/mol. The van der Waals surface area contributed by atoms with Crippen LogP contribution in [-0.2, 0) is 9.53 Å². The number of hydrogen-bond donors (Lipinski definition) is 1. The molecule has 0 aromatic carbocycles. The number of carbonyl (C=O) groups is 1. The molecule has 0 saturated carbocycles. The van der Waals surface area contributed by atoms with Gasteiger partial charge in [-0.15, -0.1) is 6.58 Å². The van der Waals surface area contributed by atoms with Crippen molar-refractivity contribution in [2.24, 2.45) is 17.8 Å². The molecular formula is C12H20O3. The number of aliphatic hydroxyl groups is 1. The first-order valence-electron chi connectivity index (χ1n) is 5.48. The van der Waals surface area contributed by atoms with Crippen molar-refractivity contribution in [3.63, 3.8) is 0 Å². The van der Waals surface area contributed by atoms with Gasteiger partial charge in [0.1, 0.15) is 6.10 Å². The van der Waals surface area contributed by atoms with E-state index in [1.165, 1.54) is 0 Å². The first kappa shape index (κ1) is 12.2. The lowest BCUT2D eigenvalue weighted by atomic mass is 9.80. The molecule has 0 radical (unpaired) electrons. The molecule has 86 valence electrons. The van der Waals surface area contributed by atoms with Crippen LogP contribution in [0.1, 0.15) is 27.2 Å². The number of ether oxygens (including phenoxy) is 1. The molecule has 1 saturated heterocycles. The van der Waals surface area contributed by atoms with Crippen molar-refractivity contribution in [3.8, 4) is 0 Å². The van der Waals surface area contributed by atoms with Crippen molar-refractivity contribution in [2.75, 3.05) is 0 Å². The predicted octanol–water partition coefficient (Wildman–Crippen LogP) is 1.76. The summed E-state index contributed by atoms with van der Waals surface area (Å²) in [5.74, 6) is -0.495. The zero-order valence-corrected chi connectivity index (χ0v) is 9.64. The maximum atomic E-state index is 11.5. The van der Waals surface area contributed by atoms with Gasteiger partial charge in [0.05, 0.1) is 12.0 Å². The van der Waals surface area contributed by atoms with Gasteiger partial charge >= 0.3 is 5.97 Å². The van der Waals surface area contributed by atoms with Crippen molar-refractivity contribution in [3.05, 3.63) is 12.7 Å². The van der Waals surface area contributed by atoms with Gasteiger partial charge in [0.15, 0.2) is 0 Å². The van der Waals surface area contributed by atoms with Crippen LogP contribution in [0.4, 0.5) is 0 Å². The third kappa shape index (κ3) is 2.40. The minimum absolute atomic E-state index is 0.00681. The maximum Gasteiger partial charge on any atom is 0.311 e. The third-order valence-electron chi connectivity index (χ3n) is 3.29. The Kier molecular flexibility index (Phi) is 3.91. The van der Waals surface area contributed by atoms with E-state index in [1.54, 1.807) is 6.92 Å². The number of aliphatic hydroxyl groups excluding tert-OH is 1. The summed E-state index contributed by atoms with van der Waals surface area (Å²) in [6.07, 6.45) is 1.82. The average molecular weight is 212 g/mol. The monoisotopic (exact) mass is 212 g/mol. The quantitative estimate of drug-likeness (QED) is 0.572. The van der Waals surface area contributed by atoms with Gasteiger partial charge in [0.25, 0.3) is 0 Å². The van der Waals surface area contributed by atoms with Crippen molar-refractivity contribution >= 4 is 5.97 Å². The van der Waals surface area contributed by atoms with E-state index < -0.39 is 12.0 Å². The molecule has 0 amide bonds. The van der Waals surface area contributed by atoms with Crippen LogP contribution in [0.2, 0.25) is 0 Å². The minimum Gasteiger partial charge on any atom is -0.461 e. The van der Waals surface area contributed by atoms with E-state index in [0.29, 0.717) is 0 Å². The molecule has 1 aliphatic heterocycles. The van der Waals surface area contributed by atoms with E-state index in [-0.39, 0.29) is 23.9 Å². The average Bonchev–Trinajstić information content (AvgIpc) is 2.20. The molecule has 1 heterocycles. The summed E-state index contributed by atoms with van der Waals surface area (Å²) in [4.78, 5) is 11.5. The molecule has 0 aromatic heterocycles. The van der Waals surface area contributed by atoms with E-state index >= 15 is 0 Å². The number of cyclic esters (lactones) is 1. The second kappa shape index (κ2) is 4.79. The molecule has 1 rings (SSSR count). The Morgan fingerprint density at radius 2 is 2.20 bits per heavy atom. The molecule has 1 fully saturated rings. The largest absolute Gasteiger partial charge is 0.461 e.